The molecule has 0 saturated carbocycles. The Bertz CT molecular complexity index is 830. The standard InChI is InChI=1S/C18H20N6O/c1-23(2)15-6-4-13(5-7-15)16-21-22-17(25-16)14-8-11-24(12-14)18-19-9-3-10-20-18/h3-7,9-10,14H,8,11-12H2,1-2H3/t14-/m0/s1. The molecule has 0 radical (unpaired) electrons. The first-order chi connectivity index (χ1) is 12.2. The average molecular weight is 336 g/mol. The van der Waals surface area contributed by atoms with Crippen molar-refractivity contribution in [3.63, 3.8) is 0 Å². The Morgan fingerprint density at radius 1 is 1.08 bits per heavy atom. The summed E-state index contributed by atoms with van der Waals surface area (Å²) < 4.78 is 5.93. The van der Waals surface area contributed by atoms with Crippen LogP contribution in [0.2, 0.25) is 0 Å². The molecule has 0 amide bonds. The summed E-state index contributed by atoms with van der Waals surface area (Å²) in [4.78, 5) is 12.8. The third-order valence-corrected chi connectivity index (χ3v) is 4.44. The van der Waals surface area contributed by atoms with Gasteiger partial charge in [0.2, 0.25) is 17.7 Å². The van der Waals surface area contributed by atoms with Gasteiger partial charge in [0.1, 0.15) is 0 Å². The number of nitrogens with zero attached hydrogens (tertiary/aromatic N) is 6. The summed E-state index contributed by atoms with van der Waals surface area (Å²) in [6.07, 6.45) is 4.48. The van der Waals surface area contributed by atoms with E-state index in [2.05, 4.69) is 30.0 Å². The molecule has 0 aliphatic carbocycles. The second-order valence-corrected chi connectivity index (χ2v) is 6.37. The highest BCUT2D eigenvalue weighted by atomic mass is 16.4. The molecule has 2 aromatic heterocycles. The molecule has 128 valence electrons. The highest BCUT2D eigenvalue weighted by Gasteiger charge is 2.29. The lowest BCUT2D eigenvalue weighted by atomic mass is 10.1. The van der Waals surface area contributed by atoms with Gasteiger partial charge in [-0.2, -0.15) is 0 Å². The van der Waals surface area contributed by atoms with Gasteiger partial charge < -0.3 is 14.2 Å². The number of hydrogen-bond acceptors (Lipinski definition) is 7. The van der Waals surface area contributed by atoms with Crippen LogP contribution in [0.5, 0.6) is 0 Å². The van der Waals surface area contributed by atoms with E-state index in [0.717, 1.165) is 36.7 Å². The molecule has 0 N–H and O–H groups in total. The second kappa shape index (κ2) is 6.51. The summed E-state index contributed by atoms with van der Waals surface area (Å²) in [6.45, 7) is 1.69. The minimum absolute atomic E-state index is 0.214. The largest absolute Gasteiger partial charge is 0.420 e. The van der Waals surface area contributed by atoms with E-state index in [4.69, 9.17) is 4.42 Å². The van der Waals surface area contributed by atoms with Crippen LogP contribution in [0.3, 0.4) is 0 Å². The number of aromatic nitrogens is 4. The molecule has 3 heterocycles. The molecule has 7 heteroatoms. The zero-order chi connectivity index (χ0) is 17.2. The highest BCUT2D eigenvalue weighted by Crippen LogP contribution is 2.30. The smallest absolute Gasteiger partial charge is 0.247 e. The predicted octanol–water partition coefficient (Wildman–Crippen LogP) is 2.59. The summed E-state index contributed by atoms with van der Waals surface area (Å²) >= 11 is 0. The summed E-state index contributed by atoms with van der Waals surface area (Å²) in [5.74, 6) is 2.22. The minimum Gasteiger partial charge on any atom is -0.420 e. The number of hydrogen-bond donors (Lipinski definition) is 0. The third kappa shape index (κ3) is 3.17. The Balaban J connectivity index is 1.48. The van der Waals surface area contributed by atoms with Crippen molar-refractivity contribution in [1.29, 1.82) is 0 Å². The van der Waals surface area contributed by atoms with Crippen LogP contribution < -0.4 is 9.80 Å². The summed E-state index contributed by atoms with van der Waals surface area (Å²) in [5.41, 5.74) is 2.07. The first-order valence-electron chi connectivity index (χ1n) is 8.34. The van der Waals surface area contributed by atoms with Crippen LogP contribution in [-0.2, 0) is 0 Å². The quantitative estimate of drug-likeness (QED) is 0.725. The molecule has 1 aromatic carbocycles. The Morgan fingerprint density at radius 2 is 1.84 bits per heavy atom. The maximum Gasteiger partial charge on any atom is 0.247 e. The van der Waals surface area contributed by atoms with Crippen molar-refractivity contribution in [3.05, 3.63) is 48.6 Å². The molecule has 25 heavy (non-hydrogen) atoms. The Kier molecular flexibility index (Phi) is 4.05. The van der Waals surface area contributed by atoms with Gasteiger partial charge >= 0.3 is 0 Å². The average Bonchev–Trinajstić information content (AvgIpc) is 3.32. The molecule has 1 saturated heterocycles. The molecule has 0 spiro atoms. The van der Waals surface area contributed by atoms with E-state index >= 15 is 0 Å². The molecule has 0 unspecified atom stereocenters. The fourth-order valence-corrected chi connectivity index (χ4v) is 3.02. The molecule has 7 nitrogen and oxygen atoms in total. The number of benzene rings is 1. The summed E-state index contributed by atoms with van der Waals surface area (Å²) in [5, 5.41) is 8.49. The molecule has 3 aromatic rings. The van der Waals surface area contributed by atoms with E-state index in [9.17, 15) is 0 Å². The molecule has 1 fully saturated rings. The maximum absolute atomic E-state index is 5.93. The lowest BCUT2D eigenvalue weighted by molar-refractivity contribution is 0.468. The van der Waals surface area contributed by atoms with Gasteiger partial charge in [-0.25, -0.2) is 9.97 Å². The van der Waals surface area contributed by atoms with E-state index in [1.165, 1.54) is 0 Å². The van der Waals surface area contributed by atoms with Crippen molar-refractivity contribution in [2.45, 2.75) is 12.3 Å². The molecule has 1 atom stereocenters. The Labute approximate surface area is 146 Å². The molecular formula is C18H20N6O. The second-order valence-electron chi connectivity index (χ2n) is 6.37. The minimum atomic E-state index is 0.214. The van der Waals surface area contributed by atoms with Gasteiger partial charge in [-0.05, 0) is 36.8 Å². The predicted molar refractivity (Wildman–Crippen MR) is 95.7 cm³/mol. The van der Waals surface area contributed by atoms with Crippen LogP contribution in [0.25, 0.3) is 11.5 Å². The van der Waals surface area contributed by atoms with Crippen molar-refractivity contribution in [1.82, 2.24) is 20.2 Å². The number of anilines is 2. The zero-order valence-corrected chi connectivity index (χ0v) is 14.3. The van der Waals surface area contributed by atoms with E-state index in [-0.39, 0.29) is 5.92 Å². The van der Waals surface area contributed by atoms with Crippen molar-refractivity contribution in [3.8, 4) is 11.5 Å². The SMILES string of the molecule is CN(C)c1ccc(-c2nnc([C@H]3CCN(c4ncccn4)C3)o2)cc1. The summed E-state index contributed by atoms with van der Waals surface area (Å²) in [6, 6.07) is 9.92. The van der Waals surface area contributed by atoms with E-state index in [0.29, 0.717) is 11.8 Å². The third-order valence-electron chi connectivity index (χ3n) is 4.44. The summed E-state index contributed by atoms with van der Waals surface area (Å²) in [7, 11) is 4.03. The lowest BCUT2D eigenvalue weighted by Crippen LogP contribution is -2.21. The normalized spacial score (nSPS) is 17.0. The van der Waals surface area contributed by atoms with Gasteiger partial charge in [0.25, 0.3) is 0 Å². The highest BCUT2D eigenvalue weighted by molar-refractivity contribution is 5.58. The van der Waals surface area contributed by atoms with Gasteiger partial charge in [0.15, 0.2) is 0 Å². The molecular weight excluding hydrogens is 316 g/mol. The van der Waals surface area contributed by atoms with Crippen LogP contribution in [0.4, 0.5) is 11.6 Å². The fraction of sp³-hybridized carbons (Fsp3) is 0.333. The van der Waals surface area contributed by atoms with Crippen molar-refractivity contribution in [2.24, 2.45) is 0 Å². The van der Waals surface area contributed by atoms with E-state index in [1.807, 2.05) is 44.4 Å². The van der Waals surface area contributed by atoms with E-state index in [1.54, 1.807) is 12.4 Å². The van der Waals surface area contributed by atoms with Crippen LogP contribution in [0.15, 0.2) is 47.1 Å². The van der Waals surface area contributed by atoms with E-state index < -0.39 is 0 Å². The molecule has 1 aliphatic heterocycles. The number of rotatable bonds is 4. The fourth-order valence-electron chi connectivity index (χ4n) is 3.02. The lowest BCUT2D eigenvalue weighted by Gasteiger charge is -2.14. The van der Waals surface area contributed by atoms with Crippen LogP contribution in [-0.4, -0.2) is 47.4 Å². The van der Waals surface area contributed by atoms with Crippen LogP contribution >= 0.6 is 0 Å². The molecule has 1 aliphatic rings. The van der Waals surface area contributed by atoms with Crippen LogP contribution in [0.1, 0.15) is 18.2 Å². The maximum atomic E-state index is 5.93. The molecule has 4 rings (SSSR count). The van der Waals surface area contributed by atoms with Gasteiger partial charge in [-0.15, -0.1) is 10.2 Å². The van der Waals surface area contributed by atoms with Crippen molar-refractivity contribution in [2.75, 3.05) is 37.0 Å². The first-order valence-corrected chi connectivity index (χ1v) is 8.34. The monoisotopic (exact) mass is 336 g/mol. The van der Waals surface area contributed by atoms with Gasteiger partial charge in [0.05, 0.1) is 5.92 Å². The first kappa shape index (κ1) is 15.6. The van der Waals surface area contributed by atoms with Crippen molar-refractivity contribution < 1.29 is 4.42 Å². The Morgan fingerprint density at radius 3 is 2.56 bits per heavy atom. The van der Waals surface area contributed by atoms with Gasteiger partial charge in [-0.3, -0.25) is 0 Å². The van der Waals surface area contributed by atoms with Crippen LogP contribution in [0, 0.1) is 0 Å². The van der Waals surface area contributed by atoms with Gasteiger partial charge in [0, 0.05) is 50.8 Å². The topological polar surface area (TPSA) is 71.2 Å². The molecule has 0 bridgehead atoms. The zero-order valence-electron chi connectivity index (χ0n) is 14.3. The Hall–Kier alpha value is -2.96. The van der Waals surface area contributed by atoms with Gasteiger partial charge in [-0.1, -0.05) is 0 Å². The van der Waals surface area contributed by atoms with Crippen molar-refractivity contribution >= 4 is 11.6 Å².